The Morgan fingerprint density at radius 2 is 2.05 bits per heavy atom. The fourth-order valence-corrected chi connectivity index (χ4v) is 3.63. The highest BCUT2D eigenvalue weighted by molar-refractivity contribution is 5.73. The Morgan fingerprint density at radius 3 is 2.82 bits per heavy atom. The van der Waals surface area contributed by atoms with E-state index >= 15 is 0 Å². The molecule has 1 atom stereocenters. The van der Waals surface area contributed by atoms with Crippen molar-refractivity contribution in [3.8, 4) is 5.75 Å². The minimum absolute atomic E-state index is 0.0935. The van der Waals surface area contributed by atoms with Crippen molar-refractivity contribution in [2.24, 2.45) is 5.92 Å². The predicted molar refractivity (Wildman–Crippen MR) is 87.0 cm³/mol. The Morgan fingerprint density at radius 1 is 1.27 bits per heavy atom. The highest BCUT2D eigenvalue weighted by Crippen LogP contribution is 2.27. The van der Waals surface area contributed by atoms with Crippen LogP contribution in [-0.2, 0) is 11.2 Å². The number of nitrogens with one attached hydrogen (secondary N) is 1. The van der Waals surface area contributed by atoms with E-state index < -0.39 is 0 Å². The van der Waals surface area contributed by atoms with Gasteiger partial charge in [0.2, 0.25) is 5.91 Å². The van der Waals surface area contributed by atoms with Crippen molar-refractivity contribution < 1.29 is 9.53 Å². The van der Waals surface area contributed by atoms with Crippen LogP contribution in [0.25, 0.3) is 0 Å². The number of amides is 1. The zero-order valence-electron chi connectivity index (χ0n) is 13.4. The second-order valence-electron chi connectivity index (χ2n) is 6.59. The third kappa shape index (κ3) is 4.01. The lowest BCUT2D eigenvalue weighted by molar-refractivity contribution is -0.119. The molecule has 2 aliphatic heterocycles. The fourth-order valence-electron chi connectivity index (χ4n) is 3.63. The molecule has 0 spiro atoms. The summed E-state index contributed by atoms with van der Waals surface area (Å²) >= 11 is 0. The van der Waals surface area contributed by atoms with Crippen molar-refractivity contribution in [3.05, 3.63) is 29.8 Å². The van der Waals surface area contributed by atoms with E-state index in [0.29, 0.717) is 12.0 Å². The van der Waals surface area contributed by atoms with Gasteiger partial charge in [-0.15, -0.1) is 0 Å². The quantitative estimate of drug-likeness (QED) is 0.931. The molecular weight excluding hydrogens is 276 g/mol. The highest BCUT2D eigenvalue weighted by atomic mass is 16.5. The first-order chi connectivity index (χ1) is 10.7. The summed E-state index contributed by atoms with van der Waals surface area (Å²) < 4.78 is 5.86. The van der Waals surface area contributed by atoms with Gasteiger partial charge in [0.1, 0.15) is 5.75 Å². The van der Waals surface area contributed by atoms with E-state index in [9.17, 15) is 4.79 Å². The van der Waals surface area contributed by atoms with Crippen molar-refractivity contribution in [1.29, 1.82) is 0 Å². The Balaban J connectivity index is 1.51. The number of carbonyl (C=O) groups excluding carboxylic acids is 1. The van der Waals surface area contributed by atoms with Crippen LogP contribution in [0, 0.1) is 5.92 Å². The first-order valence-electron chi connectivity index (χ1n) is 8.41. The van der Waals surface area contributed by atoms with E-state index in [0.717, 1.165) is 57.7 Å². The Labute approximate surface area is 132 Å². The summed E-state index contributed by atoms with van der Waals surface area (Å²) in [6.45, 7) is 5.75. The number of para-hydroxylation sites is 1. The maximum absolute atomic E-state index is 11.1. The molecule has 0 saturated carbocycles. The lowest BCUT2D eigenvalue weighted by Gasteiger charge is -2.34. The molecule has 0 radical (unpaired) electrons. The molecule has 1 aromatic carbocycles. The van der Waals surface area contributed by atoms with Gasteiger partial charge >= 0.3 is 0 Å². The third-order valence-electron chi connectivity index (χ3n) is 4.78. The number of likely N-dealkylation sites (tertiary alicyclic amines) is 1. The summed E-state index contributed by atoms with van der Waals surface area (Å²) in [6, 6.07) is 8.79. The molecule has 2 aliphatic rings. The summed E-state index contributed by atoms with van der Waals surface area (Å²) in [7, 11) is 0. The van der Waals surface area contributed by atoms with Crippen LogP contribution in [0.1, 0.15) is 31.7 Å². The first kappa shape index (κ1) is 15.3. The summed E-state index contributed by atoms with van der Waals surface area (Å²) in [6.07, 6.45) is 4.38. The van der Waals surface area contributed by atoms with Gasteiger partial charge in [0.15, 0.2) is 0 Å². The topological polar surface area (TPSA) is 41.6 Å². The van der Waals surface area contributed by atoms with Crippen LogP contribution in [-0.4, -0.2) is 43.1 Å². The number of benzene rings is 1. The molecule has 4 heteroatoms. The van der Waals surface area contributed by atoms with E-state index in [1.807, 2.05) is 6.07 Å². The smallest absolute Gasteiger partial charge is 0.217 e. The molecule has 2 heterocycles. The second-order valence-corrected chi connectivity index (χ2v) is 6.59. The zero-order valence-corrected chi connectivity index (χ0v) is 13.4. The Kier molecular flexibility index (Phi) is 4.98. The minimum Gasteiger partial charge on any atom is -0.493 e. The minimum atomic E-state index is 0.0935. The molecular formula is C18H26N2O2. The number of fused-ring (bicyclic) bond motifs is 1. The molecule has 4 nitrogen and oxygen atoms in total. The fraction of sp³-hybridized carbons (Fsp3) is 0.611. The molecule has 120 valence electrons. The highest BCUT2D eigenvalue weighted by Gasteiger charge is 2.24. The van der Waals surface area contributed by atoms with E-state index in [1.165, 1.54) is 5.56 Å². The maximum Gasteiger partial charge on any atom is 0.217 e. The van der Waals surface area contributed by atoms with Crippen LogP contribution in [0.5, 0.6) is 5.75 Å². The number of ether oxygens (including phenoxy) is 1. The van der Waals surface area contributed by atoms with Crippen molar-refractivity contribution in [2.75, 3.05) is 26.2 Å². The molecule has 1 saturated heterocycles. The van der Waals surface area contributed by atoms with Gasteiger partial charge in [0.25, 0.3) is 0 Å². The zero-order chi connectivity index (χ0) is 15.4. The lowest BCUT2D eigenvalue weighted by Crippen LogP contribution is -2.45. The van der Waals surface area contributed by atoms with Gasteiger partial charge in [-0.1, -0.05) is 18.2 Å². The third-order valence-corrected chi connectivity index (χ3v) is 4.78. The summed E-state index contributed by atoms with van der Waals surface area (Å²) in [4.78, 5) is 13.7. The van der Waals surface area contributed by atoms with Crippen LogP contribution < -0.4 is 10.1 Å². The molecule has 0 bridgehead atoms. The lowest BCUT2D eigenvalue weighted by atomic mass is 9.95. The number of rotatable bonds is 3. The Hall–Kier alpha value is -1.55. The summed E-state index contributed by atoms with van der Waals surface area (Å²) in [5.74, 6) is 1.83. The molecule has 22 heavy (non-hydrogen) atoms. The van der Waals surface area contributed by atoms with Gasteiger partial charge in [-0.2, -0.15) is 0 Å². The summed E-state index contributed by atoms with van der Waals surface area (Å²) in [5, 5.41) is 3.04. The first-order valence-corrected chi connectivity index (χ1v) is 8.41. The van der Waals surface area contributed by atoms with Gasteiger partial charge < -0.3 is 15.0 Å². The maximum atomic E-state index is 11.1. The van der Waals surface area contributed by atoms with Gasteiger partial charge in [0, 0.05) is 32.6 Å². The number of hydrogen-bond acceptors (Lipinski definition) is 3. The van der Waals surface area contributed by atoms with Crippen molar-refractivity contribution >= 4 is 5.91 Å². The number of hydrogen-bond donors (Lipinski definition) is 1. The number of carbonyl (C=O) groups is 1. The average molecular weight is 302 g/mol. The number of nitrogens with zero attached hydrogens (tertiary/aromatic N) is 1. The monoisotopic (exact) mass is 302 g/mol. The van der Waals surface area contributed by atoms with E-state index in [-0.39, 0.29) is 5.91 Å². The molecule has 3 rings (SSSR count). The van der Waals surface area contributed by atoms with Gasteiger partial charge in [-0.3, -0.25) is 4.79 Å². The standard InChI is InChI=1S/C18H26N2O2/c1-14(21)19-17-6-9-20(10-7-17)13-15-8-11-22-18-5-3-2-4-16(18)12-15/h2-5,15,17H,6-13H2,1H3,(H,19,21)/t15-/m0/s1. The van der Waals surface area contributed by atoms with Crippen LogP contribution >= 0.6 is 0 Å². The van der Waals surface area contributed by atoms with Crippen LogP contribution in [0.15, 0.2) is 24.3 Å². The van der Waals surface area contributed by atoms with E-state index in [1.54, 1.807) is 6.92 Å². The Bertz CT molecular complexity index is 510. The molecule has 1 aromatic rings. The van der Waals surface area contributed by atoms with E-state index in [2.05, 4.69) is 28.4 Å². The van der Waals surface area contributed by atoms with Crippen molar-refractivity contribution in [1.82, 2.24) is 10.2 Å². The van der Waals surface area contributed by atoms with Gasteiger partial charge in [-0.05, 0) is 43.2 Å². The van der Waals surface area contributed by atoms with Crippen molar-refractivity contribution in [3.63, 3.8) is 0 Å². The largest absolute Gasteiger partial charge is 0.493 e. The number of piperidine rings is 1. The van der Waals surface area contributed by atoms with Gasteiger partial charge in [0.05, 0.1) is 6.61 Å². The summed E-state index contributed by atoms with van der Waals surface area (Å²) in [5.41, 5.74) is 1.35. The van der Waals surface area contributed by atoms with Crippen LogP contribution in [0.3, 0.4) is 0 Å². The molecule has 1 N–H and O–H groups in total. The molecule has 1 fully saturated rings. The SMILES string of the molecule is CC(=O)NC1CCN(C[C@H]2CCOc3ccccc3C2)CC1. The van der Waals surface area contributed by atoms with Crippen LogP contribution in [0.4, 0.5) is 0 Å². The van der Waals surface area contributed by atoms with E-state index in [4.69, 9.17) is 4.74 Å². The van der Waals surface area contributed by atoms with Crippen LogP contribution in [0.2, 0.25) is 0 Å². The molecule has 0 unspecified atom stereocenters. The second kappa shape index (κ2) is 7.14. The average Bonchev–Trinajstić information content (AvgIpc) is 2.70. The predicted octanol–water partition coefficient (Wildman–Crippen LogP) is 2.23. The molecule has 0 aliphatic carbocycles. The molecule has 0 aromatic heterocycles. The molecule has 1 amide bonds. The van der Waals surface area contributed by atoms with Gasteiger partial charge in [-0.25, -0.2) is 0 Å². The normalized spacial score (nSPS) is 23.2. The van der Waals surface area contributed by atoms with Crippen molar-refractivity contribution in [2.45, 2.75) is 38.6 Å².